The summed E-state index contributed by atoms with van der Waals surface area (Å²) in [5.41, 5.74) is 2.69. The van der Waals surface area contributed by atoms with Crippen LogP contribution in [-0.4, -0.2) is 24.2 Å². The highest BCUT2D eigenvalue weighted by molar-refractivity contribution is 6.62. The molecule has 2 aromatic carbocycles. The number of rotatable bonds is 4. The number of aryl methyl sites for hydroxylation is 1. The van der Waals surface area contributed by atoms with Gasteiger partial charge in [-0.2, -0.15) is 0 Å². The van der Waals surface area contributed by atoms with Crippen molar-refractivity contribution >= 4 is 18.5 Å². The van der Waals surface area contributed by atoms with E-state index in [4.69, 9.17) is 9.31 Å². The van der Waals surface area contributed by atoms with Crippen LogP contribution in [0, 0.1) is 6.92 Å². The van der Waals surface area contributed by atoms with E-state index >= 15 is 0 Å². The molecule has 1 heterocycles. The second kappa shape index (κ2) is 6.90. The smallest absolute Gasteiger partial charge is 0.399 e. The van der Waals surface area contributed by atoms with Crippen LogP contribution in [0.25, 0.3) is 0 Å². The van der Waals surface area contributed by atoms with Crippen LogP contribution >= 0.6 is 0 Å². The molecule has 1 N–H and O–H groups in total. The van der Waals surface area contributed by atoms with Gasteiger partial charge in [0, 0.05) is 12.1 Å². The lowest BCUT2D eigenvalue weighted by molar-refractivity contribution is 0.00578. The molecule has 1 fully saturated rings. The Morgan fingerprint density at radius 1 is 1.00 bits per heavy atom. The standard InChI is InChI=1S/C21H26BNO3/c1-15-11-12-17(22-25-20(2,3)21(4,5)26-22)13-18(15)19(24)23-14-16-9-7-6-8-10-16/h6-13H,14H2,1-5H3,(H,23,24). The molecule has 0 unspecified atom stereocenters. The molecule has 1 saturated heterocycles. The lowest BCUT2D eigenvalue weighted by Gasteiger charge is -2.32. The van der Waals surface area contributed by atoms with Gasteiger partial charge in [-0.15, -0.1) is 0 Å². The number of nitrogens with one attached hydrogen (secondary N) is 1. The maximum atomic E-state index is 12.7. The van der Waals surface area contributed by atoms with Crippen molar-refractivity contribution in [3.8, 4) is 0 Å². The highest BCUT2D eigenvalue weighted by atomic mass is 16.7. The van der Waals surface area contributed by atoms with Crippen LogP contribution in [0.5, 0.6) is 0 Å². The molecule has 1 amide bonds. The first-order valence-electron chi connectivity index (χ1n) is 8.98. The average Bonchev–Trinajstić information content (AvgIpc) is 2.82. The summed E-state index contributed by atoms with van der Waals surface area (Å²) in [5.74, 6) is -0.0929. The molecule has 2 aromatic rings. The molecule has 0 spiro atoms. The number of hydrogen-bond acceptors (Lipinski definition) is 3. The molecule has 0 aliphatic carbocycles. The topological polar surface area (TPSA) is 47.6 Å². The number of amides is 1. The number of carbonyl (C=O) groups is 1. The monoisotopic (exact) mass is 351 g/mol. The van der Waals surface area contributed by atoms with Crippen LogP contribution in [-0.2, 0) is 15.9 Å². The van der Waals surface area contributed by atoms with E-state index in [2.05, 4.69) is 5.32 Å². The zero-order valence-electron chi connectivity index (χ0n) is 16.1. The molecular weight excluding hydrogens is 325 g/mol. The predicted molar refractivity (Wildman–Crippen MR) is 105 cm³/mol. The molecule has 5 heteroatoms. The van der Waals surface area contributed by atoms with Crippen molar-refractivity contribution in [3.63, 3.8) is 0 Å². The zero-order valence-corrected chi connectivity index (χ0v) is 16.1. The Hall–Kier alpha value is -2.11. The van der Waals surface area contributed by atoms with Crippen molar-refractivity contribution in [1.82, 2.24) is 5.32 Å². The van der Waals surface area contributed by atoms with Gasteiger partial charge in [-0.25, -0.2) is 0 Å². The van der Waals surface area contributed by atoms with Crippen LogP contribution in [0.3, 0.4) is 0 Å². The number of carbonyl (C=O) groups excluding carboxylic acids is 1. The third-order valence-electron chi connectivity index (χ3n) is 5.33. The second-order valence-electron chi connectivity index (χ2n) is 7.83. The van der Waals surface area contributed by atoms with Gasteiger partial charge in [0.2, 0.25) is 0 Å². The van der Waals surface area contributed by atoms with E-state index in [1.165, 1.54) is 0 Å². The number of hydrogen-bond donors (Lipinski definition) is 1. The summed E-state index contributed by atoms with van der Waals surface area (Å²) in [7, 11) is -0.471. The Kier molecular flexibility index (Phi) is 4.95. The van der Waals surface area contributed by atoms with Gasteiger partial charge in [-0.1, -0.05) is 42.5 Å². The van der Waals surface area contributed by atoms with Crippen molar-refractivity contribution in [2.24, 2.45) is 0 Å². The third kappa shape index (κ3) is 3.69. The normalized spacial score (nSPS) is 18.0. The summed E-state index contributed by atoms with van der Waals surface area (Å²) in [4.78, 5) is 12.7. The van der Waals surface area contributed by atoms with Crippen molar-refractivity contribution in [3.05, 3.63) is 65.2 Å². The van der Waals surface area contributed by atoms with E-state index in [0.717, 1.165) is 16.6 Å². The van der Waals surface area contributed by atoms with Gasteiger partial charge >= 0.3 is 7.12 Å². The fraction of sp³-hybridized carbons (Fsp3) is 0.381. The Balaban J connectivity index is 1.77. The molecule has 26 heavy (non-hydrogen) atoms. The van der Waals surface area contributed by atoms with Gasteiger partial charge in [-0.05, 0) is 57.3 Å². The minimum Gasteiger partial charge on any atom is -0.399 e. The molecule has 0 aromatic heterocycles. The molecular formula is C21H26BNO3. The van der Waals surface area contributed by atoms with E-state index in [9.17, 15) is 4.79 Å². The van der Waals surface area contributed by atoms with Crippen LogP contribution in [0.4, 0.5) is 0 Å². The third-order valence-corrected chi connectivity index (χ3v) is 5.33. The summed E-state index contributed by atoms with van der Waals surface area (Å²) >= 11 is 0. The van der Waals surface area contributed by atoms with Crippen molar-refractivity contribution in [2.75, 3.05) is 0 Å². The van der Waals surface area contributed by atoms with Gasteiger partial charge < -0.3 is 14.6 Å². The molecule has 0 radical (unpaired) electrons. The lowest BCUT2D eigenvalue weighted by Crippen LogP contribution is -2.41. The maximum Gasteiger partial charge on any atom is 0.494 e. The Morgan fingerprint density at radius 2 is 1.62 bits per heavy atom. The Morgan fingerprint density at radius 3 is 2.23 bits per heavy atom. The van der Waals surface area contributed by atoms with E-state index in [0.29, 0.717) is 12.1 Å². The summed E-state index contributed by atoms with van der Waals surface area (Å²) in [6, 6.07) is 15.7. The van der Waals surface area contributed by atoms with Crippen LogP contribution < -0.4 is 10.8 Å². The fourth-order valence-electron chi connectivity index (χ4n) is 2.88. The summed E-state index contributed by atoms with van der Waals surface area (Å²) in [5, 5.41) is 2.99. The first-order chi connectivity index (χ1) is 12.2. The van der Waals surface area contributed by atoms with Crippen LogP contribution in [0.2, 0.25) is 0 Å². The van der Waals surface area contributed by atoms with E-state index in [1.54, 1.807) is 0 Å². The molecule has 3 rings (SSSR count). The highest BCUT2D eigenvalue weighted by Crippen LogP contribution is 2.36. The van der Waals surface area contributed by atoms with Crippen molar-refractivity contribution in [2.45, 2.75) is 52.4 Å². The van der Waals surface area contributed by atoms with Gasteiger partial charge in [0.25, 0.3) is 5.91 Å². The van der Waals surface area contributed by atoms with Gasteiger partial charge in [0.15, 0.2) is 0 Å². The van der Waals surface area contributed by atoms with E-state index in [-0.39, 0.29) is 5.91 Å². The predicted octanol–water partition coefficient (Wildman–Crippen LogP) is 3.22. The summed E-state index contributed by atoms with van der Waals surface area (Å²) < 4.78 is 12.2. The fourth-order valence-corrected chi connectivity index (χ4v) is 2.88. The SMILES string of the molecule is Cc1ccc(B2OC(C)(C)C(C)(C)O2)cc1C(=O)NCc1ccccc1. The number of benzene rings is 2. The first kappa shape index (κ1) is 18.7. The van der Waals surface area contributed by atoms with E-state index in [1.807, 2.05) is 83.1 Å². The largest absolute Gasteiger partial charge is 0.494 e. The maximum absolute atomic E-state index is 12.7. The second-order valence-corrected chi connectivity index (χ2v) is 7.83. The molecule has 136 valence electrons. The molecule has 0 bridgehead atoms. The Labute approximate surface area is 156 Å². The summed E-state index contributed by atoms with van der Waals surface area (Å²) in [6.45, 7) is 10.5. The van der Waals surface area contributed by atoms with Crippen molar-refractivity contribution in [1.29, 1.82) is 0 Å². The Bertz CT molecular complexity index is 786. The van der Waals surface area contributed by atoms with E-state index < -0.39 is 18.3 Å². The molecule has 0 atom stereocenters. The molecule has 1 aliphatic rings. The molecule has 0 saturated carbocycles. The minimum atomic E-state index is -0.471. The minimum absolute atomic E-state index is 0.0929. The van der Waals surface area contributed by atoms with Gasteiger partial charge in [0.1, 0.15) is 0 Å². The quantitative estimate of drug-likeness (QED) is 0.861. The van der Waals surface area contributed by atoms with Gasteiger partial charge in [-0.3, -0.25) is 4.79 Å². The summed E-state index contributed by atoms with van der Waals surface area (Å²) in [6.07, 6.45) is 0. The average molecular weight is 351 g/mol. The zero-order chi connectivity index (χ0) is 18.9. The lowest BCUT2D eigenvalue weighted by atomic mass is 9.77. The first-order valence-corrected chi connectivity index (χ1v) is 8.98. The highest BCUT2D eigenvalue weighted by Gasteiger charge is 2.51. The van der Waals surface area contributed by atoms with Crippen LogP contribution in [0.1, 0.15) is 49.2 Å². The molecule has 4 nitrogen and oxygen atoms in total. The van der Waals surface area contributed by atoms with Gasteiger partial charge in [0.05, 0.1) is 11.2 Å². The van der Waals surface area contributed by atoms with Crippen molar-refractivity contribution < 1.29 is 14.1 Å². The van der Waals surface area contributed by atoms with Crippen LogP contribution in [0.15, 0.2) is 48.5 Å². The molecule has 1 aliphatic heterocycles.